The largest absolute Gasteiger partial charge is 0.379 e. The van der Waals surface area contributed by atoms with Gasteiger partial charge in [-0.05, 0) is 19.3 Å². The Bertz CT molecular complexity index is 236. The van der Waals surface area contributed by atoms with Crippen LogP contribution >= 0.6 is 0 Å². The van der Waals surface area contributed by atoms with Crippen molar-refractivity contribution in [2.75, 3.05) is 59.4 Å². The third-order valence-corrected chi connectivity index (χ3v) is 2.56. The Balaban J connectivity index is 3.04. The van der Waals surface area contributed by atoms with Gasteiger partial charge in [0.25, 0.3) is 0 Å². The summed E-state index contributed by atoms with van der Waals surface area (Å²) in [4.78, 5) is 11.1. The Hall–Kier alpha value is -0.690. The number of hydrogen-bond donors (Lipinski definition) is 1. The molecule has 1 N–H and O–H groups in total. The van der Waals surface area contributed by atoms with E-state index in [4.69, 9.17) is 18.9 Å². The van der Waals surface area contributed by atoms with Crippen LogP contribution in [0.3, 0.4) is 0 Å². The molecule has 6 heteroatoms. The maximum absolute atomic E-state index is 11.1. The molecule has 0 aliphatic carbocycles. The lowest BCUT2D eigenvalue weighted by Crippen LogP contribution is -2.27. The SMILES string of the molecule is CCNC(=O)COCCOCCOCCOCCC(C)C. The van der Waals surface area contributed by atoms with Crippen LogP contribution in [0.1, 0.15) is 27.2 Å². The smallest absolute Gasteiger partial charge is 0.245 e. The summed E-state index contributed by atoms with van der Waals surface area (Å²) in [5.74, 6) is 0.577. The minimum Gasteiger partial charge on any atom is -0.379 e. The Morgan fingerprint density at radius 3 is 1.81 bits per heavy atom. The van der Waals surface area contributed by atoms with Gasteiger partial charge in [0.15, 0.2) is 0 Å². The van der Waals surface area contributed by atoms with Crippen molar-refractivity contribution in [2.45, 2.75) is 27.2 Å². The van der Waals surface area contributed by atoms with E-state index in [-0.39, 0.29) is 12.5 Å². The molecule has 0 aliphatic rings. The number of carbonyl (C=O) groups is 1. The maximum atomic E-state index is 11.1. The van der Waals surface area contributed by atoms with E-state index in [0.717, 1.165) is 13.0 Å². The minimum absolute atomic E-state index is 0.0847. The third-order valence-electron chi connectivity index (χ3n) is 2.56. The predicted octanol–water partition coefficient (Wildman–Crippen LogP) is 1.24. The van der Waals surface area contributed by atoms with Crippen molar-refractivity contribution in [3.8, 4) is 0 Å². The molecular formula is C15H31NO5. The van der Waals surface area contributed by atoms with E-state index in [1.165, 1.54) is 0 Å². The second-order valence-electron chi connectivity index (χ2n) is 5.03. The first-order valence-corrected chi connectivity index (χ1v) is 7.74. The summed E-state index contributed by atoms with van der Waals surface area (Å²) in [6.45, 7) is 10.9. The van der Waals surface area contributed by atoms with Crippen molar-refractivity contribution in [1.29, 1.82) is 0 Å². The van der Waals surface area contributed by atoms with E-state index in [2.05, 4.69) is 19.2 Å². The van der Waals surface area contributed by atoms with Gasteiger partial charge in [-0.1, -0.05) is 13.8 Å². The summed E-state index contributed by atoms with van der Waals surface area (Å²) >= 11 is 0. The molecule has 0 bridgehead atoms. The Labute approximate surface area is 128 Å². The summed E-state index contributed by atoms with van der Waals surface area (Å²) in [5.41, 5.74) is 0. The first-order valence-electron chi connectivity index (χ1n) is 7.74. The fraction of sp³-hybridized carbons (Fsp3) is 0.933. The fourth-order valence-electron chi connectivity index (χ4n) is 1.39. The molecule has 0 aromatic rings. The van der Waals surface area contributed by atoms with Crippen molar-refractivity contribution in [1.82, 2.24) is 5.32 Å². The molecule has 0 saturated heterocycles. The van der Waals surface area contributed by atoms with Crippen LogP contribution in [0.2, 0.25) is 0 Å². The predicted molar refractivity (Wildman–Crippen MR) is 81.4 cm³/mol. The summed E-state index contributed by atoms with van der Waals surface area (Å²) in [6.07, 6.45) is 1.08. The average molecular weight is 305 g/mol. The molecule has 0 radical (unpaired) electrons. The van der Waals surface area contributed by atoms with E-state index >= 15 is 0 Å². The zero-order valence-corrected chi connectivity index (χ0v) is 13.7. The summed E-state index contributed by atoms with van der Waals surface area (Å²) in [7, 11) is 0. The highest BCUT2D eigenvalue weighted by atomic mass is 16.6. The van der Waals surface area contributed by atoms with Crippen LogP contribution < -0.4 is 5.32 Å². The van der Waals surface area contributed by atoms with Gasteiger partial charge in [0.1, 0.15) is 6.61 Å². The van der Waals surface area contributed by atoms with Crippen molar-refractivity contribution in [2.24, 2.45) is 5.92 Å². The van der Waals surface area contributed by atoms with Gasteiger partial charge in [-0.15, -0.1) is 0 Å². The second kappa shape index (κ2) is 15.7. The lowest BCUT2D eigenvalue weighted by molar-refractivity contribution is -0.126. The molecule has 0 fully saturated rings. The molecule has 0 aliphatic heterocycles. The number of hydrogen-bond acceptors (Lipinski definition) is 5. The number of carbonyl (C=O) groups excluding carboxylic acids is 1. The zero-order valence-electron chi connectivity index (χ0n) is 13.7. The highest BCUT2D eigenvalue weighted by molar-refractivity contribution is 5.77. The first kappa shape index (κ1) is 20.3. The number of amides is 1. The monoisotopic (exact) mass is 305 g/mol. The molecule has 0 aromatic carbocycles. The van der Waals surface area contributed by atoms with E-state index in [1.807, 2.05) is 6.92 Å². The van der Waals surface area contributed by atoms with Crippen LogP contribution in [0.25, 0.3) is 0 Å². The normalized spacial score (nSPS) is 11.0. The molecule has 6 nitrogen and oxygen atoms in total. The molecule has 21 heavy (non-hydrogen) atoms. The summed E-state index contributed by atoms with van der Waals surface area (Å²) < 4.78 is 21.2. The lowest BCUT2D eigenvalue weighted by Gasteiger charge is -2.08. The van der Waals surface area contributed by atoms with Gasteiger partial charge in [0.2, 0.25) is 5.91 Å². The van der Waals surface area contributed by atoms with Crippen LogP contribution in [-0.2, 0) is 23.7 Å². The fourth-order valence-corrected chi connectivity index (χ4v) is 1.39. The van der Waals surface area contributed by atoms with Gasteiger partial charge in [0, 0.05) is 13.2 Å². The van der Waals surface area contributed by atoms with Crippen LogP contribution in [0.4, 0.5) is 0 Å². The Kier molecular flexibility index (Phi) is 15.2. The molecule has 0 rings (SSSR count). The van der Waals surface area contributed by atoms with Gasteiger partial charge in [-0.25, -0.2) is 0 Å². The quantitative estimate of drug-likeness (QED) is 0.461. The van der Waals surface area contributed by atoms with E-state index in [9.17, 15) is 4.79 Å². The van der Waals surface area contributed by atoms with Crippen molar-refractivity contribution < 1.29 is 23.7 Å². The van der Waals surface area contributed by atoms with Gasteiger partial charge in [-0.3, -0.25) is 4.79 Å². The van der Waals surface area contributed by atoms with E-state index in [0.29, 0.717) is 52.1 Å². The topological polar surface area (TPSA) is 66.0 Å². The van der Waals surface area contributed by atoms with E-state index < -0.39 is 0 Å². The zero-order chi connectivity index (χ0) is 15.8. The molecular weight excluding hydrogens is 274 g/mol. The van der Waals surface area contributed by atoms with Crippen molar-refractivity contribution in [3.63, 3.8) is 0 Å². The van der Waals surface area contributed by atoms with Gasteiger partial charge < -0.3 is 24.3 Å². The van der Waals surface area contributed by atoms with Gasteiger partial charge in [-0.2, -0.15) is 0 Å². The van der Waals surface area contributed by atoms with Crippen LogP contribution in [0.5, 0.6) is 0 Å². The number of likely N-dealkylation sites (N-methyl/N-ethyl adjacent to an activating group) is 1. The molecule has 0 saturated carbocycles. The van der Waals surface area contributed by atoms with Gasteiger partial charge in [0.05, 0.1) is 39.6 Å². The minimum atomic E-state index is -0.0988. The van der Waals surface area contributed by atoms with Gasteiger partial charge >= 0.3 is 0 Å². The second-order valence-corrected chi connectivity index (χ2v) is 5.03. The molecule has 126 valence electrons. The molecule has 0 unspecified atom stereocenters. The van der Waals surface area contributed by atoms with Crippen molar-refractivity contribution >= 4 is 5.91 Å². The lowest BCUT2D eigenvalue weighted by atomic mass is 10.1. The molecule has 0 aromatic heterocycles. The van der Waals surface area contributed by atoms with Crippen LogP contribution in [-0.4, -0.2) is 65.3 Å². The molecule has 0 heterocycles. The maximum Gasteiger partial charge on any atom is 0.245 e. The Morgan fingerprint density at radius 2 is 1.33 bits per heavy atom. The third kappa shape index (κ3) is 17.3. The molecule has 0 atom stereocenters. The number of rotatable bonds is 15. The van der Waals surface area contributed by atoms with Crippen LogP contribution in [0.15, 0.2) is 0 Å². The summed E-state index contributed by atoms with van der Waals surface area (Å²) in [5, 5.41) is 2.65. The van der Waals surface area contributed by atoms with Crippen molar-refractivity contribution in [3.05, 3.63) is 0 Å². The number of nitrogens with one attached hydrogen (secondary N) is 1. The number of ether oxygens (including phenoxy) is 4. The van der Waals surface area contributed by atoms with E-state index in [1.54, 1.807) is 0 Å². The van der Waals surface area contributed by atoms with Crippen LogP contribution in [0, 0.1) is 5.92 Å². The Morgan fingerprint density at radius 1 is 0.857 bits per heavy atom. The first-order chi connectivity index (χ1) is 10.2. The summed E-state index contributed by atoms with van der Waals surface area (Å²) in [6, 6.07) is 0. The average Bonchev–Trinajstić information content (AvgIpc) is 2.44. The standard InChI is InChI=1S/C15H31NO5/c1-4-16-15(17)13-21-12-11-20-10-9-19-8-7-18-6-5-14(2)3/h14H,4-13H2,1-3H3,(H,16,17). The highest BCUT2D eigenvalue weighted by Gasteiger charge is 1.98. The molecule has 0 spiro atoms. The highest BCUT2D eigenvalue weighted by Crippen LogP contribution is 1.98. The molecule has 1 amide bonds.